The summed E-state index contributed by atoms with van der Waals surface area (Å²) in [6, 6.07) is 6.34. The highest BCUT2D eigenvalue weighted by Gasteiger charge is 2.37. The fraction of sp³-hybridized carbons (Fsp3) is 0.333. The maximum Gasteiger partial charge on any atom is 0.418 e. The van der Waals surface area contributed by atoms with Gasteiger partial charge in [0.15, 0.2) is 0 Å². The summed E-state index contributed by atoms with van der Waals surface area (Å²) in [6.45, 7) is 2.92. The maximum absolute atomic E-state index is 13.6. The fourth-order valence-electron chi connectivity index (χ4n) is 2.69. The maximum atomic E-state index is 13.6. The summed E-state index contributed by atoms with van der Waals surface area (Å²) in [5, 5.41) is 0. The van der Waals surface area contributed by atoms with Crippen molar-refractivity contribution < 1.29 is 35.9 Å². The van der Waals surface area contributed by atoms with Gasteiger partial charge in [0.1, 0.15) is 6.61 Å². The van der Waals surface area contributed by atoms with E-state index in [1.54, 1.807) is 18.9 Å². The minimum Gasteiger partial charge on any atom is -0.457 e. The molecule has 0 saturated heterocycles. The molecule has 0 aliphatic heterocycles. The SMILES string of the molecule is CCN(C)/C=N/c1ccc(C(=O)OCc2cccc(C(F)(F)F)c2)c(C)c1C(F)(F)F. The van der Waals surface area contributed by atoms with Crippen LogP contribution in [0.5, 0.6) is 0 Å². The van der Waals surface area contributed by atoms with E-state index in [9.17, 15) is 31.1 Å². The van der Waals surface area contributed by atoms with Gasteiger partial charge in [0.05, 0.1) is 28.7 Å². The molecule has 0 bridgehead atoms. The van der Waals surface area contributed by atoms with E-state index in [0.29, 0.717) is 6.54 Å². The number of carbonyl (C=O) groups excluding carboxylic acids is 1. The van der Waals surface area contributed by atoms with E-state index in [4.69, 9.17) is 4.74 Å². The van der Waals surface area contributed by atoms with Gasteiger partial charge < -0.3 is 9.64 Å². The van der Waals surface area contributed by atoms with Crippen LogP contribution in [0, 0.1) is 6.92 Å². The lowest BCUT2D eigenvalue weighted by Crippen LogP contribution is -2.16. The van der Waals surface area contributed by atoms with Crippen LogP contribution >= 0.6 is 0 Å². The second-order valence-electron chi connectivity index (χ2n) is 6.72. The van der Waals surface area contributed by atoms with Crippen LogP contribution in [0.2, 0.25) is 0 Å². The van der Waals surface area contributed by atoms with Gasteiger partial charge >= 0.3 is 18.3 Å². The first-order chi connectivity index (χ1) is 14.3. The Bertz CT molecular complexity index is 967. The normalized spacial score (nSPS) is 12.3. The highest BCUT2D eigenvalue weighted by molar-refractivity contribution is 5.92. The van der Waals surface area contributed by atoms with Crippen LogP contribution in [0.3, 0.4) is 0 Å². The molecule has 2 rings (SSSR count). The minimum absolute atomic E-state index is 0.0562. The number of esters is 1. The lowest BCUT2D eigenvalue weighted by Gasteiger charge is -2.17. The summed E-state index contributed by atoms with van der Waals surface area (Å²) in [7, 11) is 1.64. The van der Waals surface area contributed by atoms with Crippen LogP contribution in [0.25, 0.3) is 0 Å². The molecule has 0 N–H and O–H groups in total. The van der Waals surface area contributed by atoms with Crippen LogP contribution in [-0.2, 0) is 23.7 Å². The summed E-state index contributed by atoms with van der Waals surface area (Å²) in [4.78, 5) is 17.8. The number of hydrogen-bond donors (Lipinski definition) is 0. The molecule has 168 valence electrons. The van der Waals surface area contributed by atoms with E-state index in [1.165, 1.54) is 12.4 Å². The van der Waals surface area contributed by atoms with E-state index >= 15 is 0 Å². The predicted molar refractivity (Wildman–Crippen MR) is 103 cm³/mol. The highest BCUT2D eigenvalue weighted by Crippen LogP contribution is 2.40. The molecule has 0 aromatic heterocycles. The van der Waals surface area contributed by atoms with Gasteiger partial charge in [0.25, 0.3) is 0 Å². The van der Waals surface area contributed by atoms with Crippen LogP contribution in [0.4, 0.5) is 32.0 Å². The molecule has 31 heavy (non-hydrogen) atoms. The largest absolute Gasteiger partial charge is 0.457 e. The first-order valence-corrected chi connectivity index (χ1v) is 9.13. The first kappa shape index (κ1) is 24.2. The van der Waals surface area contributed by atoms with Gasteiger partial charge in [-0.05, 0) is 49.2 Å². The zero-order chi connectivity index (χ0) is 23.4. The van der Waals surface area contributed by atoms with E-state index < -0.39 is 36.1 Å². The van der Waals surface area contributed by atoms with E-state index in [1.807, 2.05) is 0 Å². The number of hydrogen-bond acceptors (Lipinski definition) is 3. The molecule has 0 aliphatic carbocycles. The van der Waals surface area contributed by atoms with Crippen molar-refractivity contribution in [3.05, 3.63) is 64.2 Å². The standard InChI is InChI=1S/C21H20F6N2O2/c1-4-29(3)12-28-17-9-8-16(13(2)18(17)21(25,26)27)19(30)31-11-14-6-5-7-15(10-14)20(22,23)24/h5-10,12H,4,11H2,1-3H3/b28-12+. The van der Waals surface area contributed by atoms with Crippen molar-refractivity contribution in [3.8, 4) is 0 Å². The average Bonchev–Trinajstić information content (AvgIpc) is 2.68. The molecule has 0 fully saturated rings. The van der Waals surface area contributed by atoms with Crippen molar-refractivity contribution in [2.45, 2.75) is 32.8 Å². The summed E-state index contributed by atoms with van der Waals surface area (Å²) in [6.07, 6.45) is -8.10. The van der Waals surface area contributed by atoms with E-state index in [0.717, 1.165) is 37.3 Å². The van der Waals surface area contributed by atoms with Crippen LogP contribution in [-0.4, -0.2) is 30.8 Å². The smallest absolute Gasteiger partial charge is 0.418 e. The third-order valence-electron chi connectivity index (χ3n) is 4.46. The second kappa shape index (κ2) is 9.40. The number of halogens is 6. The molecule has 10 heteroatoms. The molecule has 0 aliphatic rings. The first-order valence-electron chi connectivity index (χ1n) is 9.13. The quantitative estimate of drug-likeness (QED) is 0.237. The van der Waals surface area contributed by atoms with E-state index in [2.05, 4.69) is 4.99 Å². The number of benzene rings is 2. The Morgan fingerprint density at radius 1 is 1.10 bits per heavy atom. The molecule has 0 unspecified atom stereocenters. The van der Waals surface area contributed by atoms with E-state index in [-0.39, 0.29) is 22.4 Å². The van der Waals surface area contributed by atoms with Crippen molar-refractivity contribution in [3.63, 3.8) is 0 Å². The van der Waals surface area contributed by atoms with Crippen molar-refractivity contribution in [2.24, 2.45) is 4.99 Å². The van der Waals surface area contributed by atoms with Crippen molar-refractivity contribution >= 4 is 18.0 Å². The zero-order valence-corrected chi connectivity index (χ0v) is 16.9. The lowest BCUT2D eigenvalue weighted by molar-refractivity contribution is -0.138. The summed E-state index contributed by atoms with van der Waals surface area (Å²) >= 11 is 0. The molecule has 0 amide bonds. The summed E-state index contributed by atoms with van der Waals surface area (Å²) in [5.74, 6) is -1.08. The predicted octanol–water partition coefficient (Wildman–Crippen LogP) is 6.00. The van der Waals surface area contributed by atoms with Crippen molar-refractivity contribution in [1.29, 1.82) is 0 Å². The molecule has 0 radical (unpaired) electrons. The average molecular weight is 446 g/mol. The van der Waals surface area contributed by atoms with Gasteiger partial charge in [-0.25, -0.2) is 9.79 Å². The van der Waals surface area contributed by atoms with Crippen molar-refractivity contribution in [1.82, 2.24) is 4.90 Å². The molecule has 0 saturated carbocycles. The lowest BCUT2D eigenvalue weighted by atomic mass is 10.00. The van der Waals surface area contributed by atoms with Gasteiger partial charge in [0.2, 0.25) is 0 Å². The topological polar surface area (TPSA) is 41.9 Å². The molecule has 2 aromatic rings. The Labute approximate surface area is 175 Å². The molecular weight excluding hydrogens is 426 g/mol. The van der Waals surface area contributed by atoms with Gasteiger partial charge in [-0.2, -0.15) is 26.3 Å². The molecule has 0 atom stereocenters. The van der Waals surface area contributed by atoms with Crippen molar-refractivity contribution in [2.75, 3.05) is 13.6 Å². The second-order valence-corrected chi connectivity index (χ2v) is 6.72. The van der Waals surface area contributed by atoms with Gasteiger partial charge in [-0.3, -0.25) is 0 Å². The Morgan fingerprint density at radius 2 is 1.77 bits per heavy atom. The molecule has 2 aromatic carbocycles. The third-order valence-corrected chi connectivity index (χ3v) is 4.46. The number of ether oxygens (including phenoxy) is 1. The fourth-order valence-corrected chi connectivity index (χ4v) is 2.69. The highest BCUT2D eigenvalue weighted by atomic mass is 19.4. The number of nitrogens with zero attached hydrogens (tertiary/aromatic N) is 2. The number of alkyl halides is 6. The number of rotatable bonds is 6. The molecule has 0 heterocycles. The molecule has 4 nitrogen and oxygen atoms in total. The monoisotopic (exact) mass is 446 g/mol. The number of carbonyl (C=O) groups is 1. The Hall–Kier alpha value is -3.04. The Kier molecular flexibility index (Phi) is 7.35. The Morgan fingerprint density at radius 3 is 2.35 bits per heavy atom. The van der Waals surface area contributed by atoms with Crippen LogP contribution in [0.1, 0.15) is 39.5 Å². The molecular formula is C21H20F6N2O2. The van der Waals surface area contributed by atoms with Gasteiger partial charge in [-0.15, -0.1) is 0 Å². The number of aliphatic imine (C=N–C) groups is 1. The Balaban J connectivity index is 2.30. The zero-order valence-electron chi connectivity index (χ0n) is 16.9. The summed E-state index contributed by atoms with van der Waals surface area (Å²) < 4.78 is 84.2. The minimum atomic E-state index is -4.78. The van der Waals surface area contributed by atoms with Crippen LogP contribution < -0.4 is 0 Å². The van der Waals surface area contributed by atoms with Gasteiger partial charge in [0, 0.05) is 13.6 Å². The van der Waals surface area contributed by atoms with Gasteiger partial charge in [-0.1, -0.05) is 12.1 Å². The molecule has 0 spiro atoms. The van der Waals surface area contributed by atoms with Crippen LogP contribution in [0.15, 0.2) is 41.4 Å². The third kappa shape index (κ3) is 6.22. The summed E-state index contributed by atoms with van der Waals surface area (Å²) in [5.41, 5.74) is -3.03.